The van der Waals surface area contributed by atoms with E-state index in [-0.39, 0.29) is 24.4 Å². The number of pyridine rings is 1. The van der Waals surface area contributed by atoms with Crippen molar-refractivity contribution in [1.29, 1.82) is 0 Å². The van der Waals surface area contributed by atoms with E-state index in [1.807, 2.05) is 0 Å². The molecule has 2 amide bonds. The van der Waals surface area contributed by atoms with Crippen LogP contribution in [0.1, 0.15) is 11.1 Å². The van der Waals surface area contributed by atoms with Crippen LogP contribution in [0.4, 0.5) is 5.69 Å². The molecule has 26 heavy (non-hydrogen) atoms. The molecular weight excluding hydrogens is 334 g/mol. The first kappa shape index (κ1) is 17.6. The molecule has 1 unspecified atom stereocenters. The number of benzene rings is 1. The van der Waals surface area contributed by atoms with Gasteiger partial charge in [-0.25, -0.2) is 4.99 Å². The average Bonchev–Trinajstić information content (AvgIpc) is 2.88. The number of aromatic nitrogens is 1. The van der Waals surface area contributed by atoms with Crippen LogP contribution in [0.5, 0.6) is 0 Å². The Labute approximate surface area is 150 Å². The molecule has 0 aliphatic carbocycles. The number of hydrogen-bond donors (Lipinski definition) is 2. The van der Waals surface area contributed by atoms with Gasteiger partial charge in [-0.15, -0.1) is 0 Å². The predicted octanol–water partition coefficient (Wildman–Crippen LogP) is 0.697. The highest BCUT2D eigenvalue weighted by Crippen LogP contribution is 2.39. The van der Waals surface area contributed by atoms with E-state index in [4.69, 9.17) is 10.5 Å². The number of likely N-dealkylation sites (N-methyl/N-ethyl adjacent to an activating group) is 1. The molecule has 1 aliphatic rings. The van der Waals surface area contributed by atoms with Gasteiger partial charge in [0.2, 0.25) is 5.91 Å². The SMILES string of the molecule is COCC(=O)Nc1cccc(C2(c3ccncc3)N=C(N)N(C)C2=O)c1. The molecule has 3 N–H and O–H groups in total. The summed E-state index contributed by atoms with van der Waals surface area (Å²) in [6.45, 7) is -0.0630. The molecule has 0 saturated carbocycles. The number of carbonyl (C=O) groups excluding carboxylic acids is 2. The summed E-state index contributed by atoms with van der Waals surface area (Å²) in [7, 11) is 3.02. The third-order valence-corrected chi connectivity index (χ3v) is 4.18. The predicted molar refractivity (Wildman–Crippen MR) is 96.4 cm³/mol. The van der Waals surface area contributed by atoms with Crippen LogP contribution >= 0.6 is 0 Å². The number of nitrogens with two attached hydrogens (primary N) is 1. The largest absolute Gasteiger partial charge is 0.375 e. The summed E-state index contributed by atoms with van der Waals surface area (Å²) in [5, 5.41) is 2.73. The highest BCUT2D eigenvalue weighted by molar-refractivity contribution is 6.09. The summed E-state index contributed by atoms with van der Waals surface area (Å²) in [4.78, 5) is 34.7. The van der Waals surface area contributed by atoms with E-state index in [9.17, 15) is 9.59 Å². The van der Waals surface area contributed by atoms with Gasteiger partial charge in [-0.1, -0.05) is 12.1 Å². The van der Waals surface area contributed by atoms with Gasteiger partial charge in [0.25, 0.3) is 5.91 Å². The van der Waals surface area contributed by atoms with Gasteiger partial charge in [0.05, 0.1) is 0 Å². The van der Waals surface area contributed by atoms with E-state index in [2.05, 4.69) is 15.3 Å². The van der Waals surface area contributed by atoms with Crippen LogP contribution in [0, 0.1) is 0 Å². The van der Waals surface area contributed by atoms with Gasteiger partial charge in [0.1, 0.15) is 6.61 Å². The fourth-order valence-electron chi connectivity index (χ4n) is 2.93. The Bertz CT molecular complexity index is 868. The molecule has 2 heterocycles. The monoisotopic (exact) mass is 353 g/mol. The van der Waals surface area contributed by atoms with Crippen LogP contribution in [0.3, 0.4) is 0 Å². The van der Waals surface area contributed by atoms with E-state index >= 15 is 0 Å². The number of methoxy groups -OCH3 is 1. The van der Waals surface area contributed by atoms with Gasteiger partial charge in [-0.2, -0.15) is 0 Å². The van der Waals surface area contributed by atoms with Crippen molar-refractivity contribution < 1.29 is 14.3 Å². The van der Waals surface area contributed by atoms with Crippen LogP contribution in [-0.2, 0) is 19.9 Å². The molecule has 134 valence electrons. The zero-order chi connectivity index (χ0) is 18.7. The number of rotatable bonds is 5. The Hall–Kier alpha value is -3.26. The first-order valence-electron chi connectivity index (χ1n) is 7.92. The standard InChI is InChI=1S/C18H19N5O3/c1-23-16(25)18(22-17(23)19,12-6-8-20-9-7-12)13-4-3-5-14(10-13)21-15(24)11-26-2/h3-10H,11H2,1-2H3,(H2,19,22)(H,21,24). The molecule has 0 radical (unpaired) electrons. The topological polar surface area (TPSA) is 110 Å². The maximum atomic E-state index is 13.1. The number of ether oxygens (including phenoxy) is 1. The van der Waals surface area contributed by atoms with Crippen molar-refractivity contribution in [2.24, 2.45) is 10.7 Å². The number of aliphatic imine (C=N–C) groups is 1. The second-order valence-corrected chi connectivity index (χ2v) is 5.84. The first-order valence-corrected chi connectivity index (χ1v) is 7.92. The molecule has 8 nitrogen and oxygen atoms in total. The van der Waals surface area contributed by atoms with Crippen LogP contribution in [0.15, 0.2) is 53.8 Å². The van der Waals surface area contributed by atoms with Crippen molar-refractivity contribution in [2.45, 2.75) is 5.54 Å². The molecule has 1 aromatic carbocycles. The molecule has 0 fully saturated rings. The Balaban J connectivity index is 2.10. The second kappa shape index (κ2) is 6.93. The molecule has 8 heteroatoms. The highest BCUT2D eigenvalue weighted by Gasteiger charge is 2.49. The van der Waals surface area contributed by atoms with E-state index in [1.165, 1.54) is 12.0 Å². The van der Waals surface area contributed by atoms with E-state index in [0.717, 1.165) is 0 Å². The van der Waals surface area contributed by atoms with Crippen LogP contribution < -0.4 is 11.1 Å². The fraction of sp³-hybridized carbons (Fsp3) is 0.222. The molecule has 2 aromatic rings. The van der Waals surface area contributed by atoms with Gasteiger partial charge in [-0.3, -0.25) is 19.5 Å². The minimum absolute atomic E-state index is 0.0630. The molecule has 1 aliphatic heterocycles. The Morgan fingerprint density at radius 2 is 2.00 bits per heavy atom. The molecule has 1 aromatic heterocycles. The molecule has 0 spiro atoms. The van der Waals surface area contributed by atoms with Gasteiger partial charge >= 0.3 is 0 Å². The van der Waals surface area contributed by atoms with Crippen molar-refractivity contribution in [3.63, 3.8) is 0 Å². The average molecular weight is 353 g/mol. The maximum absolute atomic E-state index is 13.1. The van der Waals surface area contributed by atoms with Gasteiger partial charge < -0.3 is 15.8 Å². The second-order valence-electron chi connectivity index (χ2n) is 5.84. The minimum atomic E-state index is -1.32. The third kappa shape index (κ3) is 2.91. The van der Waals surface area contributed by atoms with Crippen LogP contribution in [0.2, 0.25) is 0 Å². The lowest BCUT2D eigenvalue weighted by Crippen LogP contribution is -2.41. The zero-order valence-electron chi connectivity index (χ0n) is 14.5. The van der Waals surface area contributed by atoms with E-state index < -0.39 is 5.54 Å². The Morgan fingerprint density at radius 3 is 2.62 bits per heavy atom. The lowest BCUT2D eigenvalue weighted by Gasteiger charge is -2.26. The molecule has 0 bridgehead atoms. The van der Waals surface area contributed by atoms with E-state index in [1.54, 1.807) is 55.8 Å². The van der Waals surface area contributed by atoms with Crippen molar-refractivity contribution in [1.82, 2.24) is 9.88 Å². The summed E-state index contributed by atoms with van der Waals surface area (Å²) in [6.07, 6.45) is 3.19. The number of amides is 2. The number of anilines is 1. The molecule has 3 rings (SSSR count). The van der Waals surface area contributed by atoms with Crippen molar-refractivity contribution in [3.05, 3.63) is 59.9 Å². The lowest BCUT2D eigenvalue weighted by atomic mass is 9.83. The first-order chi connectivity index (χ1) is 12.5. The highest BCUT2D eigenvalue weighted by atomic mass is 16.5. The number of carbonyl (C=O) groups is 2. The number of nitrogens with one attached hydrogen (secondary N) is 1. The van der Waals surface area contributed by atoms with Gasteiger partial charge in [0.15, 0.2) is 11.5 Å². The van der Waals surface area contributed by atoms with Crippen molar-refractivity contribution in [3.8, 4) is 0 Å². The molecule has 1 atom stereocenters. The van der Waals surface area contributed by atoms with Gasteiger partial charge in [-0.05, 0) is 35.4 Å². The van der Waals surface area contributed by atoms with Crippen LogP contribution in [0.25, 0.3) is 0 Å². The lowest BCUT2D eigenvalue weighted by molar-refractivity contribution is -0.129. The zero-order valence-corrected chi connectivity index (χ0v) is 14.5. The minimum Gasteiger partial charge on any atom is -0.375 e. The summed E-state index contributed by atoms with van der Waals surface area (Å²) in [5.74, 6) is -0.442. The van der Waals surface area contributed by atoms with Crippen molar-refractivity contribution >= 4 is 23.5 Å². The van der Waals surface area contributed by atoms with Crippen LogP contribution in [-0.4, -0.2) is 48.4 Å². The summed E-state index contributed by atoms with van der Waals surface area (Å²) >= 11 is 0. The molecule has 0 saturated heterocycles. The maximum Gasteiger partial charge on any atom is 0.266 e. The summed E-state index contributed by atoms with van der Waals surface area (Å²) in [5.41, 5.74) is 6.39. The number of nitrogens with zero attached hydrogens (tertiary/aromatic N) is 3. The quantitative estimate of drug-likeness (QED) is 0.822. The molecular formula is C18H19N5O3. The Morgan fingerprint density at radius 1 is 1.27 bits per heavy atom. The summed E-state index contributed by atoms with van der Waals surface area (Å²) in [6, 6.07) is 10.4. The van der Waals surface area contributed by atoms with Crippen molar-refractivity contribution in [2.75, 3.05) is 26.1 Å². The van der Waals surface area contributed by atoms with Gasteiger partial charge in [0, 0.05) is 32.2 Å². The fourth-order valence-corrected chi connectivity index (χ4v) is 2.93. The van der Waals surface area contributed by atoms with E-state index in [0.29, 0.717) is 16.8 Å². The normalized spacial score (nSPS) is 19.4. The Kier molecular flexibility index (Phi) is 4.68. The third-order valence-electron chi connectivity index (χ3n) is 4.18. The number of hydrogen-bond acceptors (Lipinski definition) is 6. The smallest absolute Gasteiger partial charge is 0.266 e. The summed E-state index contributed by atoms with van der Waals surface area (Å²) < 4.78 is 4.82. The number of guanidine groups is 1.